The average Bonchev–Trinajstić information content (AvgIpc) is 3.01. The molecule has 0 aliphatic carbocycles. The zero-order valence-corrected chi connectivity index (χ0v) is 25.4. The highest BCUT2D eigenvalue weighted by Crippen LogP contribution is 2.38. The van der Waals surface area contributed by atoms with Crippen molar-refractivity contribution in [3.8, 4) is 5.75 Å². The van der Waals surface area contributed by atoms with E-state index in [1.54, 1.807) is 37.6 Å². The van der Waals surface area contributed by atoms with Crippen LogP contribution < -0.4 is 30.3 Å². The predicted molar refractivity (Wildman–Crippen MR) is 175 cm³/mol. The number of methoxy groups -OCH3 is 1. The number of aromatic nitrogens is 2. The Morgan fingerprint density at radius 2 is 1.65 bits per heavy atom. The Bertz CT molecular complexity index is 1580. The van der Waals surface area contributed by atoms with E-state index >= 15 is 0 Å². The van der Waals surface area contributed by atoms with E-state index in [0.29, 0.717) is 45.2 Å². The molecule has 0 radical (unpaired) electrons. The Morgan fingerprint density at radius 3 is 2.35 bits per heavy atom. The van der Waals surface area contributed by atoms with Gasteiger partial charge in [-0.15, -0.1) is 0 Å². The Hall–Kier alpha value is -4.94. The highest BCUT2D eigenvalue weighted by atomic mass is 32.2. The summed E-state index contributed by atoms with van der Waals surface area (Å²) >= 11 is 0. The van der Waals surface area contributed by atoms with Gasteiger partial charge in [0.2, 0.25) is 11.9 Å². The van der Waals surface area contributed by atoms with Gasteiger partial charge in [-0.3, -0.25) is 9.52 Å². The third-order valence-electron chi connectivity index (χ3n) is 6.31. The number of likely N-dealkylation sites (N-methyl/N-ethyl adjacent to an activating group) is 2. The smallest absolute Gasteiger partial charge is 0.247 e. The van der Waals surface area contributed by atoms with Gasteiger partial charge in [-0.1, -0.05) is 36.9 Å². The van der Waals surface area contributed by atoms with E-state index in [1.807, 2.05) is 74.6 Å². The lowest BCUT2D eigenvalue weighted by molar-refractivity contribution is -0.111. The molecule has 0 aliphatic rings. The van der Waals surface area contributed by atoms with Gasteiger partial charge in [0.15, 0.2) is 0 Å². The summed E-state index contributed by atoms with van der Waals surface area (Å²) < 4.78 is 21.6. The number of carbonyl (C=O) groups excluding carboxylic acids is 1. The molecule has 1 amide bonds. The summed E-state index contributed by atoms with van der Waals surface area (Å²) in [5.74, 6) is 1.03. The van der Waals surface area contributed by atoms with Crippen molar-refractivity contribution in [2.24, 2.45) is 0 Å². The summed E-state index contributed by atoms with van der Waals surface area (Å²) in [6.45, 7) is 5.12. The molecule has 0 fully saturated rings. The van der Waals surface area contributed by atoms with Crippen molar-refractivity contribution >= 4 is 57.1 Å². The van der Waals surface area contributed by atoms with Gasteiger partial charge in [0.1, 0.15) is 22.6 Å². The van der Waals surface area contributed by atoms with E-state index in [-0.39, 0.29) is 5.91 Å². The van der Waals surface area contributed by atoms with Crippen LogP contribution in [0, 0.1) is 0 Å². The third kappa shape index (κ3) is 8.53. The summed E-state index contributed by atoms with van der Waals surface area (Å²) in [6, 6.07) is 22.0. The number of amides is 1. The minimum absolute atomic E-state index is 0.302. The van der Waals surface area contributed by atoms with Crippen LogP contribution in [0.3, 0.4) is 0 Å². The Balaban J connectivity index is 1.58. The third-order valence-corrected chi connectivity index (χ3v) is 7.41. The van der Waals surface area contributed by atoms with Gasteiger partial charge in [-0.25, -0.2) is 9.19 Å². The van der Waals surface area contributed by atoms with Gasteiger partial charge in [0, 0.05) is 32.4 Å². The minimum Gasteiger partial charge on any atom is -0.494 e. The van der Waals surface area contributed by atoms with E-state index in [0.717, 1.165) is 18.8 Å². The number of anilines is 7. The zero-order valence-electron chi connectivity index (χ0n) is 24.6. The van der Waals surface area contributed by atoms with Crippen molar-refractivity contribution in [1.29, 1.82) is 0 Å². The second-order valence-electron chi connectivity index (χ2n) is 9.73. The van der Waals surface area contributed by atoms with Crippen molar-refractivity contribution in [1.82, 2.24) is 14.9 Å². The molecular formula is C31H36N8O3S. The first-order chi connectivity index (χ1) is 20.8. The molecule has 0 saturated carbocycles. The lowest BCUT2D eigenvalue weighted by Gasteiger charge is -2.26. The normalized spacial score (nSPS) is 11.4. The van der Waals surface area contributed by atoms with E-state index in [1.165, 1.54) is 6.08 Å². The van der Waals surface area contributed by atoms with Crippen molar-refractivity contribution in [3.05, 3.63) is 91.6 Å². The van der Waals surface area contributed by atoms with Crippen LogP contribution in [0.1, 0.15) is 0 Å². The fourth-order valence-electron chi connectivity index (χ4n) is 4.04. The molecule has 1 unspecified atom stereocenters. The van der Waals surface area contributed by atoms with Crippen molar-refractivity contribution in [2.75, 3.05) is 66.9 Å². The van der Waals surface area contributed by atoms with Crippen molar-refractivity contribution in [2.45, 2.75) is 4.90 Å². The van der Waals surface area contributed by atoms with Gasteiger partial charge < -0.3 is 30.5 Å². The Morgan fingerprint density at radius 1 is 0.930 bits per heavy atom. The number of hydrogen-bond acceptors (Lipinski definition) is 9. The van der Waals surface area contributed by atoms with E-state index < -0.39 is 11.0 Å². The molecule has 3 aromatic carbocycles. The maximum Gasteiger partial charge on any atom is 0.247 e. The predicted octanol–water partition coefficient (Wildman–Crippen LogP) is 5.23. The molecule has 43 heavy (non-hydrogen) atoms. The number of ether oxygens (including phenoxy) is 1. The molecule has 0 spiro atoms. The van der Waals surface area contributed by atoms with Gasteiger partial charge >= 0.3 is 0 Å². The maximum atomic E-state index is 12.9. The summed E-state index contributed by atoms with van der Waals surface area (Å²) in [5.41, 5.74) is 3.26. The highest BCUT2D eigenvalue weighted by molar-refractivity contribution is 7.86. The summed E-state index contributed by atoms with van der Waals surface area (Å²) in [5, 5.41) is 9.38. The van der Waals surface area contributed by atoms with Crippen LogP contribution >= 0.6 is 0 Å². The second kappa shape index (κ2) is 14.8. The summed E-state index contributed by atoms with van der Waals surface area (Å²) in [7, 11) is 6.10. The first-order valence-corrected chi connectivity index (χ1v) is 14.6. The first kappa shape index (κ1) is 31.0. The van der Waals surface area contributed by atoms with Crippen LogP contribution in [0.5, 0.6) is 5.75 Å². The van der Waals surface area contributed by atoms with E-state index in [9.17, 15) is 9.00 Å². The van der Waals surface area contributed by atoms with Crippen LogP contribution in [0.25, 0.3) is 0 Å². The molecule has 4 rings (SSSR count). The molecule has 0 saturated heterocycles. The van der Waals surface area contributed by atoms with Gasteiger partial charge in [0.05, 0.1) is 40.4 Å². The van der Waals surface area contributed by atoms with Gasteiger partial charge in [-0.05, 0) is 56.6 Å². The van der Waals surface area contributed by atoms with Crippen molar-refractivity contribution < 1.29 is 13.7 Å². The molecule has 11 nitrogen and oxygen atoms in total. The lowest BCUT2D eigenvalue weighted by Crippen LogP contribution is -2.29. The molecule has 224 valence electrons. The second-order valence-corrected chi connectivity index (χ2v) is 10.9. The quantitative estimate of drug-likeness (QED) is 0.144. The topological polar surface area (TPSA) is 124 Å². The number of benzene rings is 3. The molecular weight excluding hydrogens is 564 g/mol. The minimum atomic E-state index is -1.45. The van der Waals surface area contributed by atoms with E-state index in [2.05, 4.69) is 42.1 Å². The monoisotopic (exact) mass is 600 g/mol. The molecule has 1 aromatic heterocycles. The number of para-hydroxylation sites is 2. The number of nitrogens with one attached hydrogen (secondary N) is 4. The van der Waals surface area contributed by atoms with E-state index in [4.69, 9.17) is 4.74 Å². The first-order valence-electron chi connectivity index (χ1n) is 13.5. The fraction of sp³-hybridized carbons (Fsp3) is 0.194. The Labute approximate surface area is 254 Å². The zero-order chi connectivity index (χ0) is 30.8. The Kier molecular flexibility index (Phi) is 10.7. The molecule has 0 aliphatic heterocycles. The number of hydrogen-bond donors (Lipinski definition) is 4. The van der Waals surface area contributed by atoms with Crippen LogP contribution in [0.4, 0.5) is 40.2 Å². The van der Waals surface area contributed by atoms with Crippen LogP contribution in [-0.4, -0.2) is 66.3 Å². The largest absolute Gasteiger partial charge is 0.494 e. The lowest BCUT2D eigenvalue weighted by atomic mass is 10.2. The molecule has 4 aromatic rings. The molecule has 1 heterocycles. The van der Waals surface area contributed by atoms with Crippen LogP contribution in [0.2, 0.25) is 0 Å². The number of nitrogens with zero attached hydrogens (tertiary/aromatic N) is 4. The number of rotatable bonds is 14. The highest BCUT2D eigenvalue weighted by Gasteiger charge is 2.17. The molecule has 0 bridgehead atoms. The number of carbonyl (C=O) groups is 1. The average molecular weight is 601 g/mol. The summed E-state index contributed by atoms with van der Waals surface area (Å²) in [6.07, 6.45) is 2.84. The van der Waals surface area contributed by atoms with Crippen molar-refractivity contribution in [3.63, 3.8) is 0 Å². The standard InChI is InChI=1S/C31H36N8O3S/c1-6-30(40)34-25-20-26(28(42-5)21-27(25)39(4)19-18-38(2)3)35-31-32-17-16-29(36-31)33-23-14-10-11-15-24(23)37-43(41)22-12-8-7-9-13-22/h6-17,20-21,37H,1,18-19H2,2-5H3,(H,34,40)(H2,32,33,35,36). The summed E-state index contributed by atoms with van der Waals surface area (Å²) in [4.78, 5) is 26.1. The van der Waals surface area contributed by atoms with Crippen LogP contribution in [-0.2, 0) is 15.8 Å². The molecule has 12 heteroatoms. The van der Waals surface area contributed by atoms with Gasteiger partial charge in [0.25, 0.3) is 0 Å². The maximum absolute atomic E-state index is 12.9. The molecule has 1 atom stereocenters. The van der Waals surface area contributed by atoms with Crippen LogP contribution in [0.15, 0.2) is 96.5 Å². The SMILES string of the molecule is C=CC(=O)Nc1cc(Nc2nccc(Nc3ccccc3NS(=O)c3ccccc3)n2)c(OC)cc1N(C)CCN(C)C. The van der Waals surface area contributed by atoms with Gasteiger partial charge in [-0.2, -0.15) is 4.98 Å². The fourth-order valence-corrected chi connectivity index (χ4v) is 4.94. The molecule has 4 N–H and O–H groups in total.